The summed E-state index contributed by atoms with van der Waals surface area (Å²) in [7, 11) is -3.61. The first-order valence-electron chi connectivity index (χ1n) is 16.1. The smallest absolute Gasteiger partial charge is 0.210 e. The summed E-state index contributed by atoms with van der Waals surface area (Å²) in [5, 5.41) is 2.41. The molecule has 0 spiro atoms. The minimum Gasteiger partial charge on any atom is -0.453 e. The van der Waals surface area contributed by atoms with Crippen molar-refractivity contribution in [3.63, 3.8) is 0 Å². The highest BCUT2D eigenvalue weighted by Gasteiger charge is 2.35. The normalized spacial score (nSPS) is 14.9. The zero-order chi connectivity index (χ0) is 32.0. The summed E-state index contributed by atoms with van der Waals surface area (Å²) in [6.45, 7) is 0. The van der Waals surface area contributed by atoms with E-state index in [4.69, 9.17) is 4.74 Å². The lowest BCUT2D eigenvalue weighted by molar-refractivity contribution is 0.477. The summed E-state index contributed by atoms with van der Waals surface area (Å²) in [6.07, 6.45) is 1.66. The van der Waals surface area contributed by atoms with Crippen LogP contribution in [0.3, 0.4) is 0 Å². The molecule has 5 nitrogen and oxygen atoms in total. The van der Waals surface area contributed by atoms with Gasteiger partial charge in [-0.05, 0) is 119 Å². The van der Waals surface area contributed by atoms with Crippen molar-refractivity contribution in [2.75, 3.05) is 9.80 Å². The molecule has 0 unspecified atom stereocenters. The maximum atomic E-state index is 13.5. The van der Waals surface area contributed by atoms with Crippen LogP contribution in [0.1, 0.15) is 22.3 Å². The molecule has 6 heteroatoms. The number of para-hydroxylation sites is 6. The van der Waals surface area contributed by atoms with Crippen LogP contribution < -0.4 is 14.5 Å². The minimum absolute atomic E-state index is 0.335. The van der Waals surface area contributed by atoms with E-state index in [1.165, 1.54) is 33.0 Å². The van der Waals surface area contributed by atoms with E-state index < -0.39 is 9.84 Å². The Morgan fingerprint density at radius 2 is 0.917 bits per heavy atom. The Hall–Kier alpha value is -5.85. The molecule has 0 bridgehead atoms. The lowest BCUT2D eigenvalue weighted by atomic mass is 9.84. The van der Waals surface area contributed by atoms with Gasteiger partial charge in [0, 0.05) is 11.4 Å². The van der Waals surface area contributed by atoms with E-state index >= 15 is 0 Å². The summed E-state index contributed by atoms with van der Waals surface area (Å²) in [5.74, 6) is 1.69. The monoisotopic (exact) mass is 640 g/mol. The fraction of sp³-hybridized carbons (Fsp3) is 0.0476. The average molecular weight is 641 g/mol. The SMILES string of the molecule is O=S1(=O)c2ccccc2N(c2ccc3c(c2)Cc2cc4ccc(N5c6ccccc6Oc6ccccc65)cc4cc2C3)c2ccccc21. The maximum absolute atomic E-state index is 13.5. The Balaban J connectivity index is 1.03. The number of fused-ring (bicyclic) bond motifs is 7. The summed E-state index contributed by atoms with van der Waals surface area (Å²) in [5.41, 5.74) is 10.7. The number of rotatable bonds is 2. The van der Waals surface area contributed by atoms with Crippen LogP contribution >= 0.6 is 0 Å². The van der Waals surface area contributed by atoms with E-state index in [2.05, 4.69) is 70.5 Å². The van der Waals surface area contributed by atoms with E-state index in [1.54, 1.807) is 24.3 Å². The Labute approximate surface area is 278 Å². The minimum atomic E-state index is -3.61. The Morgan fingerprint density at radius 1 is 0.438 bits per heavy atom. The van der Waals surface area contributed by atoms with Gasteiger partial charge in [0.2, 0.25) is 9.84 Å². The molecular weight excluding hydrogens is 613 g/mol. The van der Waals surface area contributed by atoms with Crippen LogP contribution in [0.4, 0.5) is 34.1 Å². The molecule has 10 rings (SSSR count). The second-order valence-corrected chi connectivity index (χ2v) is 14.5. The number of nitrogens with zero attached hydrogens (tertiary/aromatic N) is 2. The zero-order valence-electron chi connectivity index (χ0n) is 25.8. The molecule has 7 aromatic rings. The predicted molar refractivity (Wildman–Crippen MR) is 191 cm³/mol. The summed E-state index contributed by atoms with van der Waals surface area (Å²) >= 11 is 0. The molecule has 0 fully saturated rings. The first-order valence-corrected chi connectivity index (χ1v) is 17.6. The molecule has 0 atom stereocenters. The highest BCUT2D eigenvalue weighted by atomic mass is 32.2. The number of hydrogen-bond donors (Lipinski definition) is 0. The van der Waals surface area contributed by atoms with Gasteiger partial charge in [0.15, 0.2) is 11.5 Å². The molecule has 0 N–H and O–H groups in total. The largest absolute Gasteiger partial charge is 0.453 e. The van der Waals surface area contributed by atoms with Crippen LogP contribution in [0.25, 0.3) is 10.8 Å². The van der Waals surface area contributed by atoms with Crippen LogP contribution in [0.5, 0.6) is 11.5 Å². The van der Waals surface area contributed by atoms with Crippen LogP contribution in [-0.2, 0) is 22.7 Å². The molecule has 0 saturated carbocycles. The molecule has 0 amide bonds. The van der Waals surface area contributed by atoms with E-state index in [1.807, 2.05) is 60.7 Å². The molecule has 7 aromatic carbocycles. The maximum Gasteiger partial charge on any atom is 0.210 e. The van der Waals surface area contributed by atoms with Crippen LogP contribution in [0.15, 0.2) is 155 Å². The molecule has 0 radical (unpaired) electrons. The zero-order valence-corrected chi connectivity index (χ0v) is 26.6. The van der Waals surface area contributed by atoms with Gasteiger partial charge >= 0.3 is 0 Å². The Kier molecular flexibility index (Phi) is 5.72. The number of ether oxygens (including phenoxy) is 1. The quantitative estimate of drug-likeness (QED) is 0.188. The van der Waals surface area contributed by atoms with Crippen molar-refractivity contribution in [1.82, 2.24) is 0 Å². The highest BCUT2D eigenvalue weighted by molar-refractivity contribution is 7.92. The van der Waals surface area contributed by atoms with Crippen molar-refractivity contribution in [1.29, 1.82) is 0 Å². The fourth-order valence-corrected chi connectivity index (χ4v) is 9.22. The molecule has 2 aliphatic heterocycles. The van der Waals surface area contributed by atoms with Crippen molar-refractivity contribution in [2.24, 2.45) is 0 Å². The number of sulfone groups is 1. The van der Waals surface area contributed by atoms with Crippen LogP contribution in [-0.4, -0.2) is 8.42 Å². The summed E-state index contributed by atoms with van der Waals surface area (Å²) in [4.78, 5) is 5.04. The number of benzene rings is 7. The van der Waals surface area contributed by atoms with Gasteiger partial charge in [0.25, 0.3) is 0 Å². The molecular formula is C42H28N2O3S. The van der Waals surface area contributed by atoms with Crippen LogP contribution in [0, 0.1) is 0 Å². The molecule has 48 heavy (non-hydrogen) atoms. The summed E-state index contributed by atoms with van der Waals surface area (Å²) < 4.78 is 33.3. The average Bonchev–Trinajstić information content (AvgIpc) is 3.12. The Morgan fingerprint density at radius 3 is 1.58 bits per heavy atom. The third-order valence-electron chi connectivity index (χ3n) is 9.83. The molecule has 0 saturated heterocycles. The molecule has 1 aliphatic carbocycles. The topological polar surface area (TPSA) is 49.9 Å². The first kappa shape index (κ1) is 27.3. The van der Waals surface area contributed by atoms with E-state index in [9.17, 15) is 8.42 Å². The number of anilines is 6. The standard InChI is InChI=1S/C42H28N2O3S/c45-48(46)41-15-7-3-11-37(41)44(38-12-4-8-16-42(38)48)34-20-18-28-22-29-23-31-25-33(19-17-27(31)21-30(29)24-32(28)26-34)43-35-9-1-5-13-39(35)47-40-14-6-2-10-36(40)43/h1-21,23,25-26H,22,24H2. The van der Waals surface area contributed by atoms with Crippen molar-refractivity contribution < 1.29 is 13.2 Å². The molecule has 3 aliphatic rings. The fourth-order valence-electron chi connectivity index (χ4n) is 7.59. The van der Waals surface area contributed by atoms with Crippen molar-refractivity contribution in [2.45, 2.75) is 22.6 Å². The van der Waals surface area contributed by atoms with E-state index in [0.29, 0.717) is 21.2 Å². The van der Waals surface area contributed by atoms with Crippen molar-refractivity contribution >= 4 is 54.7 Å². The first-order chi connectivity index (χ1) is 23.5. The van der Waals surface area contributed by atoms with Gasteiger partial charge < -0.3 is 14.5 Å². The predicted octanol–water partition coefficient (Wildman–Crippen LogP) is 10.5. The lowest BCUT2D eigenvalue weighted by Gasteiger charge is -2.34. The molecule has 230 valence electrons. The van der Waals surface area contributed by atoms with Gasteiger partial charge in [-0.1, -0.05) is 72.8 Å². The second kappa shape index (κ2) is 10.1. The van der Waals surface area contributed by atoms with E-state index in [0.717, 1.165) is 47.1 Å². The third kappa shape index (κ3) is 3.99. The van der Waals surface area contributed by atoms with E-state index in [-0.39, 0.29) is 0 Å². The van der Waals surface area contributed by atoms with Crippen molar-refractivity contribution in [3.05, 3.63) is 168 Å². The molecule has 2 heterocycles. The Bertz CT molecular complexity index is 2490. The van der Waals surface area contributed by atoms with Gasteiger partial charge in [0.05, 0.1) is 32.5 Å². The van der Waals surface area contributed by atoms with Gasteiger partial charge in [-0.2, -0.15) is 0 Å². The van der Waals surface area contributed by atoms with Gasteiger partial charge in [0.1, 0.15) is 0 Å². The summed E-state index contributed by atoms with van der Waals surface area (Å²) in [6, 6.07) is 48.9. The van der Waals surface area contributed by atoms with Crippen LogP contribution in [0.2, 0.25) is 0 Å². The number of hydrogen-bond acceptors (Lipinski definition) is 5. The van der Waals surface area contributed by atoms with Gasteiger partial charge in [-0.15, -0.1) is 0 Å². The third-order valence-corrected chi connectivity index (χ3v) is 11.7. The van der Waals surface area contributed by atoms with Gasteiger partial charge in [-0.3, -0.25) is 0 Å². The van der Waals surface area contributed by atoms with Crippen molar-refractivity contribution in [3.8, 4) is 11.5 Å². The second-order valence-electron chi connectivity index (χ2n) is 12.6. The highest BCUT2D eigenvalue weighted by Crippen LogP contribution is 2.51. The van der Waals surface area contributed by atoms with Gasteiger partial charge in [-0.25, -0.2) is 8.42 Å². The lowest BCUT2D eigenvalue weighted by Crippen LogP contribution is -2.22. The molecule has 0 aromatic heterocycles.